The fraction of sp³-hybridized carbons (Fsp3) is 0.192. The number of nitrogens with zero attached hydrogens (tertiary/aromatic N) is 8. The first-order chi connectivity index (χ1) is 17.2. The van der Waals surface area contributed by atoms with E-state index in [2.05, 4.69) is 20.1 Å². The van der Waals surface area contributed by atoms with Gasteiger partial charge in [0.05, 0.1) is 35.0 Å². The standard InChI is InChI=1S/C26H24N8O/c1-19-22(25(31-14-8-9-15-31)34(30-19)21-12-6-3-7-13-21)16-28-32-18-27-24-23(26(32)35)17-29-33(24)20-10-4-2-5-11-20/h2-7,10-13,16-18H,8-9,14-15H2,1H3/b28-16+. The molecule has 9 nitrogen and oxygen atoms in total. The van der Waals surface area contributed by atoms with Crippen LogP contribution in [0.25, 0.3) is 22.4 Å². The molecule has 0 radical (unpaired) electrons. The van der Waals surface area contributed by atoms with Crippen LogP contribution in [0.15, 0.2) is 83.1 Å². The number of hydrogen-bond donors (Lipinski definition) is 0. The van der Waals surface area contributed by atoms with Gasteiger partial charge in [0.15, 0.2) is 5.65 Å². The van der Waals surface area contributed by atoms with Crippen LogP contribution in [-0.4, -0.2) is 48.5 Å². The molecule has 0 unspecified atom stereocenters. The van der Waals surface area contributed by atoms with Crippen LogP contribution >= 0.6 is 0 Å². The van der Waals surface area contributed by atoms with Crippen LogP contribution in [0.3, 0.4) is 0 Å². The second-order valence-corrected chi connectivity index (χ2v) is 8.53. The van der Waals surface area contributed by atoms with Crippen molar-refractivity contribution in [3.63, 3.8) is 0 Å². The molecule has 0 amide bonds. The third-order valence-corrected chi connectivity index (χ3v) is 6.27. The molecule has 0 N–H and O–H groups in total. The van der Waals surface area contributed by atoms with E-state index < -0.39 is 0 Å². The third-order valence-electron chi connectivity index (χ3n) is 6.27. The van der Waals surface area contributed by atoms with Gasteiger partial charge in [-0.25, -0.2) is 14.3 Å². The molecule has 0 aliphatic carbocycles. The van der Waals surface area contributed by atoms with Crippen LogP contribution in [0.5, 0.6) is 0 Å². The van der Waals surface area contributed by atoms with Gasteiger partial charge in [0, 0.05) is 13.1 Å². The van der Waals surface area contributed by atoms with Gasteiger partial charge < -0.3 is 4.90 Å². The van der Waals surface area contributed by atoms with Crippen LogP contribution in [-0.2, 0) is 0 Å². The SMILES string of the molecule is Cc1nn(-c2ccccc2)c(N2CCCC2)c1/C=N/n1cnc2c(cnn2-c2ccccc2)c1=O. The maximum absolute atomic E-state index is 13.2. The first-order valence-electron chi connectivity index (χ1n) is 11.7. The van der Waals surface area contributed by atoms with E-state index in [9.17, 15) is 4.79 Å². The summed E-state index contributed by atoms with van der Waals surface area (Å²) >= 11 is 0. The van der Waals surface area contributed by atoms with Gasteiger partial charge in [-0.15, -0.1) is 0 Å². The van der Waals surface area contributed by atoms with Gasteiger partial charge in [-0.05, 0) is 44.0 Å². The van der Waals surface area contributed by atoms with E-state index in [1.54, 1.807) is 10.9 Å². The van der Waals surface area contributed by atoms with Crippen LogP contribution in [0.1, 0.15) is 24.1 Å². The Hall–Kier alpha value is -4.53. The average molecular weight is 465 g/mol. The van der Waals surface area contributed by atoms with Crippen molar-refractivity contribution in [2.75, 3.05) is 18.0 Å². The Kier molecular flexibility index (Phi) is 5.21. The number of aromatic nitrogens is 6. The van der Waals surface area contributed by atoms with Crippen LogP contribution in [0.4, 0.5) is 5.82 Å². The predicted octanol–water partition coefficient (Wildman–Crippen LogP) is 3.56. The summed E-state index contributed by atoms with van der Waals surface area (Å²) in [7, 11) is 0. The fourth-order valence-corrected chi connectivity index (χ4v) is 4.52. The summed E-state index contributed by atoms with van der Waals surface area (Å²) in [6.45, 7) is 3.89. The number of aryl methyl sites for hydroxylation is 1. The van der Waals surface area contributed by atoms with E-state index in [-0.39, 0.29) is 5.56 Å². The molecule has 0 atom stereocenters. The van der Waals surface area contributed by atoms with E-state index in [4.69, 9.17) is 5.10 Å². The van der Waals surface area contributed by atoms with Crippen LogP contribution in [0.2, 0.25) is 0 Å². The van der Waals surface area contributed by atoms with Crippen LogP contribution < -0.4 is 10.5 Å². The summed E-state index contributed by atoms with van der Waals surface area (Å²) in [5.74, 6) is 0.994. The van der Waals surface area contributed by atoms with Crippen molar-refractivity contribution in [2.45, 2.75) is 19.8 Å². The number of fused-ring (bicyclic) bond motifs is 1. The molecule has 0 spiro atoms. The topological polar surface area (TPSA) is 86.1 Å². The van der Waals surface area contributed by atoms with Gasteiger partial charge in [0.25, 0.3) is 5.56 Å². The van der Waals surface area contributed by atoms with Gasteiger partial charge in [0.2, 0.25) is 0 Å². The number of benzene rings is 2. The molecule has 1 fully saturated rings. The predicted molar refractivity (Wildman–Crippen MR) is 136 cm³/mol. The normalized spacial score (nSPS) is 13.9. The zero-order chi connectivity index (χ0) is 23.8. The van der Waals surface area contributed by atoms with Gasteiger partial charge in [-0.3, -0.25) is 4.79 Å². The maximum atomic E-state index is 13.2. The molecule has 5 aromatic rings. The second kappa shape index (κ2) is 8.68. The molecule has 1 saturated heterocycles. The number of hydrogen-bond acceptors (Lipinski definition) is 6. The summed E-state index contributed by atoms with van der Waals surface area (Å²) in [5.41, 5.74) is 3.80. The summed E-state index contributed by atoms with van der Waals surface area (Å²) in [5, 5.41) is 14.1. The van der Waals surface area contributed by atoms with E-state index >= 15 is 0 Å². The Labute approximate surface area is 201 Å². The van der Waals surface area contributed by atoms with E-state index in [0.29, 0.717) is 11.0 Å². The zero-order valence-electron chi connectivity index (χ0n) is 19.3. The Morgan fingerprint density at radius 3 is 2.26 bits per heavy atom. The molecular weight excluding hydrogens is 440 g/mol. The summed E-state index contributed by atoms with van der Waals surface area (Å²) in [6, 6.07) is 19.7. The fourth-order valence-electron chi connectivity index (χ4n) is 4.52. The minimum Gasteiger partial charge on any atom is -0.356 e. The Morgan fingerprint density at radius 2 is 1.57 bits per heavy atom. The number of anilines is 1. The molecular formula is C26H24N8O. The molecule has 6 rings (SSSR count). The minimum atomic E-state index is -0.274. The van der Waals surface area contributed by atoms with E-state index in [1.165, 1.54) is 17.2 Å². The Balaban J connectivity index is 1.42. The largest absolute Gasteiger partial charge is 0.356 e. The van der Waals surface area contributed by atoms with Crippen molar-refractivity contribution in [3.05, 3.63) is 94.8 Å². The lowest BCUT2D eigenvalue weighted by Gasteiger charge is -2.20. The third kappa shape index (κ3) is 3.71. The van der Waals surface area contributed by atoms with E-state index in [1.807, 2.05) is 72.3 Å². The highest BCUT2D eigenvalue weighted by Gasteiger charge is 2.23. The summed E-state index contributed by atoms with van der Waals surface area (Å²) in [6.07, 6.45) is 6.97. The van der Waals surface area contributed by atoms with Gasteiger partial charge >= 0.3 is 0 Å². The minimum absolute atomic E-state index is 0.274. The van der Waals surface area contributed by atoms with Crippen molar-refractivity contribution in [1.82, 2.24) is 29.2 Å². The first kappa shape index (κ1) is 21.0. The van der Waals surface area contributed by atoms with Crippen molar-refractivity contribution >= 4 is 23.1 Å². The Bertz CT molecular complexity index is 1570. The van der Waals surface area contributed by atoms with Crippen LogP contribution in [0, 0.1) is 6.92 Å². The Morgan fingerprint density at radius 1 is 0.914 bits per heavy atom. The van der Waals surface area contributed by atoms with Gasteiger partial charge in [0.1, 0.15) is 17.5 Å². The molecule has 4 heterocycles. The highest BCUT2D eigenvalue weighted by atomic mass is 16.1. The van der Waals surface area contributed by atoms with Crippen molar-refractivity contribution in [3.8, 4) is 11.4 Å². The zero-order valence-corrected chi connectivity index (χ0v) is 19.3. The smallest absolute Gasteiger partial charge is 0.285 e. The monoisotopic (exact) mass is 464 g/mol. The highest BCUT2D eigenvalue weighted by Crippen LogP contribution is 2.29. The molecule has 0 bridgehead atoms. The van der Waals surface area contributed by atoms with Crippen molar-refractivity contribution in [2.24, 2.45) is 5.10 Å². The molecule has 3 aromatic heterocycles. The maximum Gasteiger partial charge on any atom is 0.285 e. The first-order valence-corrected chi connectivity index (χ1v) is 11.7. The number of para-hydroxylation sites is 2. The lowest BCUT2D eigenvalue weighted by molar-refractivity contribution is 0.808. The van der Waals surface area contributed by atoms with Crippen molar-refractivity contribution < 1.29 is 0 Å². The molecule has 2 aromatic carbocycles. The highest BCUT2D eigenvalue weighted by molar-refractivity contribution is 5.89. The molecule has 174 valence electrons. The van der Waals surface area contributed by atoms with Gasteiger partial charge in [-0.2, -0.15) is 20.0 Å². The second-order valence-electron chi connectivity index (χ2n) is 8.53. The van der Waals surface area contributed by atoms with Crippen molar-refractivity contribution in [1.29, 1.82) is 0 Å². The molecule has 1 aliphatic heterocycles. The van der Waals surface area contributed by atoms with Gasteiger partial charge in [-0.1, -0.05) is 36.4 Å². The summed E-state index contributed by atoms with van der Waals surface area (Å²) < 4.78 is 4.88. The molecule has 1 aliphatic rings. The molecule has 35 heavy (non-hydrogen) atoms. The average Bonchev–Trinajstić information content (AvgIpc) is 3.64. The lowest BCUT2D eigenvalue weighted by atomic mass is 10.2. The summed E-state index contributed by atoms with van der Waals surface area (Å²) in [4.78, 5) is 20.0. The quantitative estimate of drug-likeness (QED) is 0.371. The van der Waals surface area contributed by atoms with E-state index in [0.717, 1.165) is 54.4 Å². The number of rotatable bonds is 5. The lowest BCUT2D eigenvalue weighted by Crippen LogP contribution is -2.22. The molecule has 9 heteroatoms. The molecule has 0 saturated carbocycles.